The van der Waals surface area contributed by atoms with Crippen molar-refractivity contribution in [2.45, 2.75) is 70.8 Å². The molecule has 3 aliphatic rings. The fraction of sp³-hybridized carbons (Fsp3) is 0.636. The molecule has 0 spiro atoms. The molecule has 2 aliphatic heterocycles. The van der Waals surface area contributed by atoms with Crippen LogP contribution in [0.25, 0.3) is 0 Å². The molecule has 168 valence electrons. The van der Waals surface area contributed by atoms with Crippen molar-refractivity contribution in [3.05, 3.63) is 34.2 Å². The minimum absolute atomic E-state index is 0.0523. The van der Waals surface area contributed by atoms with Crippen LogP contribution >= 0.6 is 11.3 Å². The predicted molar refractivity (Wildman–Crippen MR) is 113 cm³/mol. The zero-order chi connectivity index (χ0) is 22.2. The monoisotopic (exact) mass is 452 g/mol. The van der Waals surface area contributed by atoms with E-state index >= 15 is 0 Å². The summed E-state index contributed by atoms with van der Waals surface area (Å²) in [4.78, 5) is 16.3. The summed E-state index contributed by atoms with van der Waals surface area (Å²) in [5.41, 5.74) is 0.440. The van der Waals surface area contributed by atoms with Gasteiger partial charge in [-0.1, -0.05) is 26.8 Å². The Balaban J connectivity index is 1.50. The zero-order valence-electron chi connectivity index (χ0n) is 17.9. The van der Waals surface area contributed by atoms with Crippen LogP contribution in [0.1, 0.15) is 73.8 Å². The van der Waals surface area contributed by atoms with Crippen LogP contribution in [-0.2, 0) is 0 Å². The molecule has 31 heavy (non-hydrogen) atoms. The van der Waals surface area contributed by atoms with Crippen molar-refractivity contribution in [2.24, 2.45) is 10.8 Å². The second-order valence-corrected chi connectivity index (χ2v) is 11.5. The summed E-state index contributed by atoms with van der Waals surface area (Å²) in [7, 11) is 0. The van der Waals surface area contributed by atoms with Crippen molar-refractivity contribution >= 4 is 23.1 Å². The number of anilines is 1. The number of alkyl halides is 3. The second-order valence-electron chi connectivity index (χ2n) is 10.5. The molecule has 2 fully saturated rings. The van der Waals surface area contributed by atoms with Gasteiger partial charge in [-0.3, -0.25) is 4.79 Å². The SMILES string of the molecule is CC1(C)C[C@@H]2C[C@](C)(CN2C(=O)c2cnn3c2N[C@H](c2cccs2)C[C@@H]3C(F)(F)F)C1. The van der Waals surface area contributed by atoms with Crippen LogP contribution in [0.3, 0.4) is 0 Å². The minimum atomic E-state index is -4.44. The highest BCUT2D eigenvalue weighted by atomic mass is 32.1. The van der Waals surface area contributed by atoms with Gasteiger partial charge in [-0.15, -0.1) is 11.3 Å². The smallest absolute Gasteiger partial charge is 0.362 e. The minimum Gasteiger partial charge on any atom is -0.362 e. The molecule has 5 rings (SSSR count). The maximum absolute atomic E-state index is 13.9. The largest absolute Gasteiger partial charge is 0.410 e. The van der Waals surface area contributed by atoms with E-state index in [-0.39, 0.29) is 40.6 Å². The lowest BCUT2D eigenvalue weighted by Gasteiger charge is -2.39. The van der Waals surface area contributed by atoms with Crippen molar-refractivity contribution in [1.82, 2.24) is 14.7 Å². The van der Waals surface area contributed by atoms with Gasteiger partial charge in [0, 0.05) is 23.9 Å². The summed E-state index contributed by atoms with van der Waals surface area (Å²) in [5.74, 6) is -0.0317. The fourth-order valence-electron chi connectivity index (χ4n) is 6.25. The van der Waals surface area contributed by atoms with E-state index < -0.39 is 18.3 Å². The molecule has 1 N–H and O–H groups in total. The maximum Gasteiger partial charge on any atom is 0.410 e. The average Bonchev–Trinajstić information content (AvgIpc) is 3.36. The molecule has 1 saturated heterocycles. The number of hydrogen-bond donors (Lipinski definition) is 1. The number of carbonyl (C=O) groups excluding carboxylic acids is 1. The topological polar surface area (TPSA) is 50.2 Å². The number of carbonyl (C=O) groups is 1. The predicted octanol–water partition coefficient (Wildman–Crippen LogP) is 5.65. The van der Waals surface area contributed by atoms with E-state index in [1.807, 2.05) is 22.4 Å². The first-order valence-corrected chi connectivity index (χ1v) is 11.6. The fourth-order valence-corrected chi connectivity index (χ4v) is 7.04. The molecule has 0 unspecified atom stereocenters. The van der Waals surface area contributed by atoms with E-state index in [2.05, 4.69) is 31.2 Å². The lowest BCUT2D eigenvalue weighted by Crippen LogP contribution is -2.39. The van der Waals surface area contributed by atoms with Gasteiger partial charge < -0.3 is 10.2 Å². The first-order chi connectivity index (χ1) is 14.5. The van der Waals surface area contributed by atoms with Crippen molar-refractivity contribution in [3.8, 4) is 0 Å². The van der Waals surface area contributed by atoms with E-state index in [0.717, 1.165) is 28.8 Å². The normalized spacial score (nSPS) is 31.9. The van der Waals surface area contributed by atoms with Crippen LogP contribution in [0.15, 0.2) is 23.7 Å². The molecule has 2 bridgehead atoms. The number of halogens is 3. The Labute approximate surface area is 183 Å². The Morgan fingerprint density at radius 2 is 2.06 bits per heavy atom. The Morgan fingerprint density at radius 3 is 2.74 bits per heavy atom. The van der Waals surface area contributed by atoms with Crippen molar-refractivity contribution in [1.29, 1.82) is 0 Å². The van der Waals surface area contributed by atoms with E-state index in [1.54, 1.807) is 0 Å². The number of rotatable bonds is 2. The molecule has 0 aromatic carbocycles. The molecule has 2 aromatic rings. The van der Waals surface area contributed by atoms with Crippen LogP contribution in [0.4, 0.5) is 19.0 Å². The van der Waals surface area contributed by atoms with Crippen LogP contribution < -0.4 is 5.32 Å². The molecule has 4 atom stereocenters. The number of thiophene rings is 1. The molecular formula is C22H27F3N4OS. The molecule has 1 saturated carbocycles. The van der Waals surface area contributed by atoms with Crippen LogP contribution in [0.2, 0.25) is 0 Å². The summed E-state index contributed by atoms with van der Waals surface area (Å²) in [6.07, 6.45) is -0.376. The summed E-state index contributed by atoms with van der Waals surface area (Å²) in [5, 5.41) is 9.09. The third-order valence-corrected chi connectivity index (χ3v) is 8.02. The lowest BCUT2D eigenvalue weighted by atomic mass is 9.65. The quantitative estimate of drug-likeness (QED) is 0.641. The lowest BCUT2D eigenvalue weighted by molar-refractivity contribution is -0.173. The van der Waals surface area contributed by atoms with Crippen LogP contribution in [0.5, 0.6) is 0 Å². The van der Waals surface area contributed by atoms with Gasteiger partial charge in [-0.2, -0.15) is 18.3 Å². The van der Waals surface area contributed by atoms with Gasteiger partial charge in [0.15, 0.2) is 6.04 Å². The van der Waals surface area contributed by atoms with Gasteiger partial charge in [-0.05, 0) is 41.5 Å². The van der Waals surface area contributed by atoms with Gasteiger partial charge in [-0.25, -0.2) is 4.68 Å². The van der Waals surface area contributed by atoms with Crippen LogP contribution in [0, 0.1) is 10.8 Å². The Hall–Kier alpha value is -2.03. The summed E-state index contributed by atoms with van der Waals surface area (Å²) in [6, 6.07) is 1.51. The first kappa shape index (κ1) is 20.8. The highest BCUT2D eigenvalue weighted by Crippen LogP contribution is 2.53. The molecule has 9 heteroatoms. The number of amides is 1. The Bertz CT molecular complexity index is 999. The number of likely N-dealkylation sites (tertiary alicyclic amines) is 1. The molecule has 1 aliphatic carbocycles. The molecule has 2 aromatic heterocycles. The third-order valence-electron chi connectivity index (χ3n) is 7.03. The molecular weight excluding hydrogens is 425 g/mol. The number of fused-ring (bicyclic) bond motifs is 3. The van der Waals surface area contributed by atoms with Gasteiger partial charge >= 0.3 is 6.18 Å². The second kappa shape index (κ2) is 6.73. The van der Waals surface area contributed by atoms with Gasteiger partial charge in [0.2, 0.25) is 0 Å². The average molecular weight is 453 g/mol. The van der Waals surface area contributed by atoms with E-state index in [9.17, 15) is 18.0 Å². The highest BCUT2D eigenvalue weighted by molar-refractivity contribution is 7.10. The van der Waals surface area contributed by atoms with E-state index in [0.29, 0.717) is 6.54 Å². The summed E-state index contributed by atoms with van der Waals surface area (Å²) in [6.45, 7) is 7.32. The summed E-state index contributed by atoms with van der Waals surface area (Å²) >= 11 is 1.42. The van der Waals surface area contributed by atoms with Crippen molar-refractivity contribution in [2.75, 3.05) is 11.9 Å². The molecule has 1 amide bonds. The third kappa shape index (κ3) is 3.54. The van der Waals surface area contributed by atoms with Gasteiger partial charge in [0.25, 0.3) is 5.91 Å². The Kier molecular flexibility index (Phi) is 4.53. The molecule has 0 radical (unpaired) electrons. The zero-order valence-corrected chi connectivity index (χ0v) is 18.7. The van der Waals surface area contributed by atoms with Crippen molar-refractivity contribution < 1.29 is 18.0 Å². The number of nitrogens with zero attached hydrogens (tertiary/aromatic N) is 3. The molecule has 5 nitrogen and oxygen atoms in total. The Morgan fingerprint density at radius 1 is 1.29 bits per heavy atom. The van der Waals surface area contributed by atoms with Gasteiger partial charge in [0.1, 0.15) is 11.4 Å². The van der Waals surface area contributed by atoms with Gasteiger partial charge in [0.05, 0.1) is 12.2 Å². The number of aromatic nitrogens is 2. The van der Waals surface area contributed by atoms with E-state index in [1.165, 1.54) is 17.5 Å². The number of hydrogen-bond acceptors (Lipinski definition) is 4. The number of nitrogens with one attached hydrogen (secondary N) is 1. The standard InChI is InChI=1S/C22H27F3N4OS/c1-20(2)8-13-9-21(3,11-20)12-28(13)19(30)14-10-26-29-17(22(23,24)25)7-15(27-18(14)29)16-5-4-6-31-16/h4-6,10,13,15,17,27H,7-9,11-12H2,1-3H3/t13-,15+,17-,21+/m1/s1. The maximum atomic E-state index is 13.9. The highest BCUT2D eigenvalue weighted by Gasteiger charge is 2.52. The first-order valence-electron chi connectivity index (χ1n) is 10.7. The van der Waals surface area contributed by atoms with Crippen LogP contribution in [-0.4, -0.2) is 39.4 Å². The van der Waals surface area contributed by atoms with Crippen molar-refractivity contribution in [3.63, 3.8) is 0 Å². The molecule has 4 heterocycles. The van der Waals surface area contributed by atoms with E-state index in [4.69, 9.17) is 0 Å². The summed E-state index contributed by atoms with van der Waals surface area (Å²) < 4.78 is 42.6.